The summed E-state index contributed by atoms with van der Waals surface area (Å²) in [6.45, 7) is 4.27. The zero-order chi connectivity index (χ0) is 16.1. The number of carbonyl (C=O) groups is 1. The summed E-state index contributed by atoms with van der Waals surface area (Å²) in [5.41, 5.74) is -1.14. The molecule has 4 nitrogen and oxygen atoms in total. The summed E-state index contributed by atoms with van der Waals surface area (Å²) in [5.74, 6) is -0.460. The molecule has 0 atom stereocenters. The summed E-state index contributed by atoms with van der Waals surface area (Å²) in [5, 5.41) is 11.7. The van der Waals surface area contributed by atoms with Gasteiger partial charge >= 0.3 is 6.18 Å². The summed E-state index contributed by atoms with van der Waals surface area (Å²) in [6, 6.07) is 1.88. The Hall–Kier alpha value is -1.63. The van der Waals surface area contributed by atoms with E-state index >= 15 is 0 Å². The van der Waals surface area contributed by atoms with Crippen LogP contribution in [0.2, 0.25) is 0 Å². The maximum atomic E-state index is 12.3. The third-order valence-corrected chi connectivity index (χ3v) is 3.06. The van der Waals surface area contributed by atoms with E-state index < -0.39 is 17.8 Å². The molecule has 0 bridgehead atoms. The first-order chi connectivity index (χ1) is 9.65. The van der Waals surface area contributed by atoms with Gasteiger partial charge < -0.3 is 10.4 Å². The maximum Gasteiger partial charge on any atom is 0.433 e. The Morgan fingerprint density at radius 3 is 2.48 bits per heavy atom. The Morgan fingerprint density at radius 2 is 2.00 bits per heavy atom. The minimum Gasteiger partial charge on any atom is -0.396 e. The molecule has 1 rings (SSSR count). The second kappa shape index (κ2) is 6.89. The van der Waals surface area contributed by atoms with Gasteiger partial charge in [0.2, 0.25) is 0 Å². The predicted octanol–water partition coefficient (Wildman–Crippen LogP) is 2.63. The van der Waals surface area contributed by atoms with Crippen molar-refractivity contribution in [3.63, 3.8) is 0 Å². The van der Waals surface area contributed by atoms with E-state index in [2.05, 4.69) is 10.3 Å². The lowest BCUT2D eigenvalue weighted by Crippen LogP contribution is -2.26. The molecule has 118 valence electrons. The standard InChI is InChI=1S/C14H19F3N2O2/c1-13(2,9-20)6-3-7-18-12(21)10-4-5-11(19-8-10)14(15,16)17/h4-5,8,20H,3,6-7,9H2,1-2H3,(H,18,21). The molecule has 0 spiro atoms. The number of aliphatic hydroxyl groups is 1. The quantitative estimate of drug-likeness (QED) is 0.794. The SMILES string of the molecule is CC(C)(CO)CCCNC(=O)c1ccc(C(F)(F)F)nc1. The molecular weight excluding hydrogens is 285 g/mol. The number of nitrogens with one attached hydrogen (secondary N) is 1. The molecule has 0 saturated carbocycles. The largest absolute Gasteiger partial charge is 0.433 e. The number of hydrogen-bond acceptors (Lipinski definition) is 3. The van der Waals surface area contributed by atoms with Gasteiger partial charge in [0, 0.05) is 19.3 Å². The van der Waals surface area contributed by atoms with E-state index in [0.717, 1.165) is 24.8 Å². The van der Waals surface area contributed by atoms with Gasteiger partial charge in [-0.25, -0.2) is 0 Å². The molecular formula is C14H19F3N2O2. The van der Waals surface area contributed by atoms with Crippen LogP contribution in [0.3, 0.4) is 0 Å². The summed E-state index contributed by atoms with van der Waals surface area (Å²) in [7, 11) is 0. The molecule has 1 heterocycles. The van der Waals surface area contributed by atoms with Gasteiger partial charge in [0.1, 0.15) is 5.69 Å². The van der Waals surface area contributed by atoms with Crippen LogP contribution in [0.5, 0.6) is 0 Å². The molecule has 0 saturated heterocycles. The smallest absolute Gasteiger partial charge is 0.396 e. The topological polar surface area (TPSA) is 62.2 Å². The third-order valence-electron chi connectivity index (χ3n) is 3.06. The lowest BCUT2D eigenvalue weighted by Gasteiger charge is -2.21. The van der Waals surface area contributed by atoms with E-state index in [4.69, 9.17) is 5.11 Å². The zero-order valence-electron chi connectivity index (χ0n) is 12.0. The average molecular weight is 304 g/mol. The highest BCUT2D eigenvalue weighted by molar-refractivity contribution is 5.93. The fourth-order valence-electron chi connectivity index (χ4n) is 1.65. The molecule has 0 fully saturated rings. The Labute approximate surface area is 121 Å². The van der Waals surface area contributed by atoms with E-state index in [1.54, 1.807) is 0 Å². The predicted molar refractivity (Wildman–Crippen MR) is 71.7 cm³/mol. The first-order valence-corrected chi connectivity index (χ1v) is 6.58. The molecule has 7 heteroatoms. The van der Waals surface area contributed by atoms with E-state index in [9.17, 15) is 18.0 Å². The Bertz CT molecular complexity index is 470. The van der Waals surface area contributed by atoms with Crippen molar-refractivity contribution in [3.8, 4) is 0 Å². The van der Waals surface area contributed by atoms with Crippen LogP contribution in [-0.4, -0.2) is 29.1 Å². The minimum absolute atomic E-state index is 0.0593. The van der Waals surface area contributed by atoms with Crippen LogP contribution in [-0.2, 0) is 6.18 Å². The fourth-order valence-corrected chi connectivity index (χ4v) is 1.65. The molecule has 0 unspecified atom stereocenters. The summed E-state index contributed by atoms with van der Waals surface area (Å²) in [6.07, 6.45) is -2.19. The number of alkyl halides is 3. The number of amides is 1. The van der Waals surface area contributed by atoms with Crippen LogP contribution in [0.4, 0.5) is 13.2 Å². The number of pyridine rings is 1. The van der Waals surface area contributed by atoms with Gasteiger partial charge in [-0.2, -0.15) is 13.2 Å². The van der Waals surface area contributed by atoms with E-state index in [1.807, 2.05) is 13.8 Å². The zero-order valence-corrected chi connectivity index (χ0v) is 12.0. The van der Waals surface area contributed by atoms with E-state index in [0.29, 0.717) is 13.0 Å². The fraction of sp³-hybridized carbons (Fsp3) is 0.571. The van der Waals surface area contributed by atoms with Crippen LogP contribution in [0.15, 0.2) is 18.3 Å². The lowest BCUT2D eigenvalue weighted by atomic mass is 9.89. The Kier molecular flexibility index (Phi) is 5.71. The van der Waals surface area contributed by atoms with Crippen molar-refractivity contribution in [2.75, 3.05) is 13.2 Å². The highest BCUT2D eigenvalue weighted by Gasteiger charge is 2.32. The Balaban J connectivity index is 2.46. The van der Waals surface area contributed by atoms with Crippen LogP contribution >= 0.6 is 0 Å². The second-order valence-corrected chi connectivity index (χ2v) is 5.61. The van der Waals surface area contributed by atoms with E-state index in [-0.39, 0.29) is 17.6 Å². The van der Waals surface area contributed by atoms with Crippen molar-refractivity contribution in [1.29, 1.82) is 0 Å². The number of aromatic nitrogens is 1. The van der Waals surface area contributed by atoms with E-state index in [1.165, 1.54) is 0 Å². The van der Waals surface area contributed by atoms with Gasteiger partial charge in [0.05, 0.1) is 5.56 Å². The van der Waals surface area contributed by atoms with Crippen molar-refractivity contribution >= 4 is 5.91 Å². The number of aliphatic hydroxyl groups excluding tert-OH is 1. The third kappa shape index (κ3) is 5.71. The maximum absolute atomic E-state index is 12.3. The molecule has 0 aliphatic carbocycles. The lowest BCUT2D eigenvalue weighted by molar-refractivity contribution is -0.141. The number of carbonyl (C=O) groups excluding carboxylic acids is 1. The van der Waals surface area contributed by atoms with Gasteiger partial charge in [-0.05, 0) is 30.4 Å². The van der Waals surface area contributed by atoms with Crippen LogP contribution < -0.4 is 5.32 Å². The van der Waals surface area contributed by atoms with Crippen molar-refractivity contribution < 1.29 is 23.1 Å². The van der Waals surface area contributed by atoms with Gasteiger partial charge in [-0.3, -0.25) is 9.78 Å². The number of hydrogen-bond donors (Lipinski definition) is 2. The molecule has 0 aliphatic heterocycles. The summed E-state index contributed by atoms with van der Waals surface area (Å²) in [4.78, 5) is 15.0. The molecule has 1 aromatic heterocycles. The van der Waals surface area contributed by atoms with Crippen molar-refractivity contribution in [1.82, 2.24) is 10.3 Å². The highest BCUT2D eigenvalue weighted by Crippen LogP contribution is 2.27. The monoisotopic (exact) mass is 304 g/mol. The molecule has 2 N–H and O–H groups in total. The molecule has 0 aliphatic rings. The highest BCUT2D eigenvalue weighted by atomic mass is 19.4. The van der Waals surface area contributed by atoms with Gasteiger partial charge in [-0.1, -0.05) is 13.8 Å². The minimum atomic E-state index is -4.51. The average Bonchev–Trinajstić information content (AvgIpc) is 2.42. The van der Waals surface area contributed by atoms with Crippen molar-refractivity contribution in [2.45, 2.75) is 32.9 Å². The number of rotatable bonds is 6. The van der Waals surface area contributed by atoms with Crippen LogP contribution in [0.1, 0.15) is 42.7 Å². The van der Waals surface area contributed by atoms with Gasteiger partial charge in [-0.15, -0.1) is 0 Å². The van der Waals surface area contributed by atoms with Crippen LogP contribution in [0, 0.1) is 5.41 Å². The first-order valence-electron chi connectivity index (χ1n) is 6.58. The number of nitrogens with zero attached hydrogens (tertiary/aromatic N) is 1. The van der Waals surface area contributed by atoms with Crippen molar-refractivity contribution in [2.24, 2.45) is 5.41 Å². The van der Waals surface area contributed by atoms with Crippen LogP contribution in [0.25, 0.3) is 0 Å². The molecule has 0 aromatic carbocycles. The second-order valence-electron chi connectivity index (χ2n) is 5.61. The molecule has 0 radical (unpaired) electrons. The van der Waals surface area contributed by atoms with Gasteiger partial charge in [0.15, 0.2) is 0 Å². The van der Waals surface area contributed by atoms with Crippen molar-refractivity contribution in [3.05, 3.63) is 29.6 Å². The Morgan fingerprint density at radius 1 is 1.33 bits per heavy atom. The first kappa shape index (κ1) is 17.4. The molecule has 1 aromatic rings. The molecule has 1 amide bonds. The summed E-state index contributed by atoms with van der Waals surface area (Å²) >= 11 is 0. The van der Waals surface area contributed by atoms with Gasteiger partial charge in [0.25, 0.3) is 5.91 Å². The normalized spacial score (nSPS) is 12.3. The molecule has 21 heavy (non-hydrogen) atoms. The number of halogens is 3. The summed E-state index contributed by atoms with van der Waals surface area (Å²) < 4.78 is 37.0.